The SMILES string of the molecule is Cc1c(CNCCN(C(C)C)C(C)C)cc(C#N)n1C. The standard InChI is InChI=1S/C16H28N4/c1-12(2)20(13(3)4)8-7-18-11-15-9-16(10-17)19(6)14(15)5/h9,12-13,18H,7-8,11H2,1-6H3. The highest BCUT2D eigenvalue weighted by Crippen LogP contribution is 2.13. The molecule has 0 unspecified atom stereocenters. The average molecular weight is 276 g/mol. The molecule has 0 saturated carbocycles. The van der Waals surface area contributed by atoms with Gasteiger partial charge in [-0.3, -0.25) is 4.90 Å². The van der Waals surface area contributed by atoms with Gasteiger partial charge in [0.25, 0.3) is 0 Å². The van der Waals surface area contributed by atoms with E-state index >= 15 is 0 Å². The van der Waals surface area contributed by atoms with Crippen LogP contribution in [0.3, 0.4) is 0 Å². The molecular formula is C16H28N4. The highest BCUT2D eigenvalue weighted by Gasteiger charge is 2.13. The van der Waals surface area contributed by atoms with Gasteiger partial charge in [0, 0.05) is 44.5 Å². The van der Waals surface area contributed by atoms with Gasteiger partial charge in [0.1, 0.15) is 11.8 Å². The van der Waals surface area contributed by atoms with E-state index in [1.54, 1.807) is 0 Å². The van der Waals surface area contributed by atoms with E-state index in [0.717, 1.165) is 25.3 Å². The lowest BCUT2D eigenvalue weighted by atomic mass is 10.2. The summed E-state index contributed by atoms with van der Waals surface area (Å²) in [6, 6.07) is 5.34. The number of rotatable bonds is 7. The average Bonchev–Trinajstić information content (AvgIpc) is 2.65. The van der Waals surface area contributed by atoms with Crippen molar-refractivity contribution >= 4 is 0 Å². The number of hydrogen-bond acceptors (Lipinski definition) is 3. The number of aromatic nitrogens is 1. The second-order valence-corrected chi connectivity index (χ2v) is 5.91. The van der Waals surface area contributed by atoms with Gasteiger partial charge in [-0.05, 0) is 46.2 Å². The molecule has 0 atom stereocenters. The first-order chi connectivity index (χ1) is 9.38. The van der Waals surface area contributed by atoms with E-state index < -0.39 is 0 Å². The molecule has 1 aromatic rings. The van der Waals surface area contributed by atoms with Gasteiger partial charge in [-0.15, -0.1) is 0 Å². The third kappa shape index (κ3) is 4.09. The summed E-state index contributed by atoms with van der Waals surface area (Å²) < 4.78 is 1.95. The van der Waals surface area contributed by atoms with Crippen LogP contribution in [-0.2, 0) is 13.6 Å². The maximum Gasteiger partial charge on any atom is 0.120 e. The zero-order chi connectivity index (χ0) is 15.3. The zero-order valence-corrected chi connectivity index (χ0v) is 13.7. The van der Waals surface area contributed by atoms with E-state index in [1.807, 2.05) is 17.7 Å². The minimum absolute atomic E-state index is 0.570. The molecule has 0 aliphatic carbocycles. The number of nitriles is 1. The van der Waals surface area contributed by atoms with Crippen LogP contribution in [0, 0.1) is 18.3 Å². The summed E-state index contributed by atoms with van der Waals surface area (Å²) in [5.41, 5.74) is 3.11. The summed E-state index contributed by atoms with van der Waals surface area (Å²) in [4.78, 5) is 2.48. The summed E-state index contributed by atoms with van der Waals surface area (Å²) in [7, 11) is 1.94. The number of nitrogens with one attached hydrogen (secondary N) is 1. The Morgan fingerprint density at radius 3 is 2.35 bits per heavy atom. The Labute approximate surface area is 123 Å². The first kappa shape index (κ1) is 16.7. The molecule has 1 N–H and O–H groups in total. The molecule has 4 nitrogen and oxygen atoms in total. The molecule has 1 rings (SSSR count). The zero-order valence-electron chi connectivity index (χ0n) is 13.7. The smallest absolute Gasteiger partial charge is 0.120 e. The Morgan fingerprint density at radius 2 is 1.90 bits per heavy atom. The molecule has 1 heterocycles. The second kappa shape index (κ2) is 7.47. The lowest BCUT2D eigenvalue weighted by Gasteiger charge is -2.30. The molecule has 0 spiro atoms. The van der Waals surface area contributed by atoms with Gasteiger partial charge in [0.2, 0.25) is 0 Å². The lowest BCUT2D eigenvalue weighted by molar-refractivity contribution is 0.176. The van der Waals surface area contributed by atoms with Crippen molar-refractivity contribution in [1.82, 2.24) is 14.8 Å². The van der Waals surface area contributed by atoms with Gasteiger partial charge >= 0.3 is 0 Å². The topological polar surface area (TPSA) is 44.0 Å². The van der Waals surface area contributed by atoms with Crippen LogP contribution in [-0.4, -0.2) is 34.6 Å². The van der Waals surface area contributed by atoms with Crippen LogP contribution >= 0.6 is 0 Å². The summed E-state index contributed by atoms with van der Waals surface area (Å²) >= 11 is 0. The van der Waals surface area contributed by atoms with E-state index in [2.05, 4.69) is 50.9 Å². The molecule has 20 heavy (non-hydrogen) atoms. The van der Waals surface area contributed by atoms with E-state index in [1.165, 1.54) is 11.3 Å². The van der Waals surface area contributed by atoms with Crippen molar-refractivity contribution in [2.45, 2.75) is 53.2 Å². The maximum atomic E-state index is 9.02. The van der Waals surface area contributed by atoms with Gasteiger partial charge in [0.15, 0.2) is 0 Å². The maximum absolute atomic E-state index is 9.02. The van der Waals surface area contributed by atoms with Crippen LogP contribution in [0.5, 0.6) is 0 Å². The van der Waals surface area contributed by atoms with Crippen molar-refractivity contribution in [3.05, 3.63) is 23.0 Å². The molecule has 0 bridgehead atoms. The van der Waals surface area contributed by atoms with Crippen LogP contribution in [0.1, 0.15) is 44.6 Å². The highest BCUT2D eigenvalue weighted by molar-refractivity contribution is 5.33. The normalized spacial score (nSPS) is 11.6. The lowest BCUT2D eigenvalue weighted by Crippen LogP contribution is -2.41. The van der Waals surface area contributed by atoms with Gasteiger partial charge in [-0.1, -0.05) is 0 Å². The van der Waals surface area contributed by atoms with E-state index in [9.17, 15) is 0 Å². The van der Waals surface area contributed by atoms with Crippen LogP contribution in [0.15, 0.2) is 6.07 Å². The molecule has 0 aromatic carbocycles. The van der Waals surface area contributed by atoms with Crippen molar-refractivity contribution in [1.29, 1.82) is 5.26 Å². The van der Waals surface area contributed by atoms with Crippen molar-refractivity contribution < 1.29 is 0 Å². The minimum atomic E-state index is 0.570. The largest absolute Gasteiger partial charge is 0.340 e. The molecule has 0 radical (unpaired) electrons. The molecule has 0 amide bonds. The second-order valence-electron chi connectivity index (χ2n) is 5.91. The van der Waals surface area contributed by atoms with Crippen LogP contribution in [0.25, 0.3) is 0 Å². The van der Waals surface area contributed by atoms with Gasteiger partial charge in [-0.25, -0.2) is 0 Å². The van der Waals surface area contributed by atoms with E-state index in [-0.39, 0.29) is 0 Å². The monoisotopic (exact) mass is 276 g/mol. The van der Waals surface area contributed by atoms with Crippen molar-refractivity contribution in [3.8, 4) is 6.07 Å². The molecule has 0 aliphatic rings. The van der Waals surface area contributed by atoms with Gasteiger partial charge < -0.3 is 9.88 Å². The van der Waals surface area contributed by atoms with Gasteiger partial charge in [0.05, 0.1) is 0 Å². The molecule has 0 fully saturated rings. The molecule has 0 aliphatic heterocycles. The van der Waals surface area contributed by atoms with E-state index in [0.29, 0.717) is 12.1 Å². The van der Waals surface area contributed by atoms with Crippen molar-refractivity contribution in [2.75, 3.05) is 13.1 Å². The highest BCUT2D eigenvalue weighted by atomic mass is 15.2. The molecule has 112 valence electrons. The van der Waals surface area contributed by atoms with Gasteiger partial charge in [-0.2, -0.15) is 5.26 Å². The third-order valence-electron chi connectivity index (χ3n) is 3.94. The summed E-state index contributed by atoms with van der Waals surface area (Å²) in [5.74, 6) is 0. The summed E-state index contributed by atoms with van der Waals surface area (Å²) in [6.07, 6.45) is 0. The van der Waals surface area contributed by atoms with Crippen molar-refractivity contribution in [3.63, 3.8) is 0 Å². The summed E-state index contributed by atoms with van der Waals surface area (Å²) in [6.45, 7) is 13.8. The third-order valence-corrected chi connectivity index (χ3v) is 3.94. The first-order valence-corrected chi connectivity index (χ1v) is 7.40. The fraction of sp³-hybridized carbons (Fsp3) is 0.688. The van der Waals surface area contributed by atoms with Crippen LogP contribution in [0.2, 0.25) is 0 Å². The van der Waals surface area contributed by atoms with Crippen LogP contribution < -0.4 is 5.32 Å². The Hall–Kier alpha value is -1.31. The van der Waals surface area contributed by atoms with Crippen LogP contribution in [0.4, 0.5) is 0 Å². The van der Waals surface area contributed by atoms with E-state index in [4.69, 9.17) is 5.26 Å². The minimum Gasteiger partial charge on any atom is -0.340 e. The fourth-order valence-corrected chi connectivity index (χ4v) is 2.59. The molecule has 4 heteroatoms. The molecular weight excluding hydrogens is 248 g/mol. The Morgan fingerprint density at radius 1 is 1.30 bits per heavy atom. The summed E-state index contributed by atoms with van der Waals surface area (Å²) in [5, 5.41) is 12.5. The Bertz CT molecular complexity index is 458. The molecule has 0 saturated heterocycles. The fourth-order valence-electron chi connectivity index (χ4n) is 2.59. The predicted octanol–water partition coefficient (Wildman–Crippen LogP) is 2.41. The molecule has 1 aromatic heterocycles. The number of nitrogens with zero attached hydrogens (tertiary/aromatic N) is 3. The Kier molecular flexibility index (Phi) is 6.25. The number of hydrogen-bond donors (Lipinski definition) is 1. The predicted molar refractivity (Wildman–Crippen MR) is 83.5 cm³/mol. The Balaban J connectivity index is 2.48. The first-order valence-electron chi connectivity index (χ1n) is 7.40. The quantitative estimate of drug-likeness (QED) is 0.778. The van der Waals surface area contributed by atoms with Crippen molar-refractivity contribution in [2.24, 2.45) is 7.05 Å².